The molecule has 0 bridgehead atoms. The molecule has 4 N–H and O–H groups in total. The molecule has 36 heavy (non-hydrogen) atoms. The molecule has 1 heterocycles. The fourth-order valence-corrected chi connectivity index (χ4v) is 4.72. The summed E-state index contributed by atoms with van der Waals surface area (Å²) in [7, 11) is 5.10. The van der Waals surface area contributed by atoms with E-state index >= 15 is 0 Å². The highest BCUT2D eigenvalue weighted by Gasteiger charge is 2.19. The Kier molecular flexibility index (Phi) is 13.9. The van der Waals surface area contributed by atoms with E-state index in [0.717, 1.165) is 50.4 Å². The summed E-state index contributed by atoms with van der Waals surface area (Å²) in [6.45, 7) is 3.09. The maximum absolute atomic E-state index is 12.2. The standard InChI is InChI=1S/C20H29N3O4.C7H15NO/c1-26-17-9-8-15(11-18(17)27-2)12-19(25)23-20(21)22-16(13-24)10-14-6-4-3-5-7-14;1-8-6-7-2-4-9-5-3-7/h8-9,11,13-14,16H,3-7,10,12H2,1-2H3,(H3,21,22,23,25);7-8H,2-6H2,1H3. The lowest BCUT2D eigenvalue weighted by molar-refractivity contribution is -0.119. The molecule has 9 heteroatoms. The molecule has 1 amide bonds. The van der Waals surface area contributed by atoms with Gasteiger partial charge >= 0.3 is 0 Å². The first kappa shape index (κ1) is 29.6. The fourth-order valence-electron chi connectivity index (χ4n) is 4.72. The van der Waals surface area contributed by atoms with Crippen LogP contribution in [0, 0.1) is 11.8 Å². The minimum atomic E-state index is -0.505. The minimum Gasteiger partial charge on any atom is -0.493 e. The van der Waals surface area contributed by atoms with Gasteiger partial charge in [0.15, 0.2) is 17.5 Å². The third kappa shape index (κ3) is 11.0. The first-order valence-corrected chi connectivity index (χ1v) is 13.0. The highest BCUT2D eigenvalue weighted by molar-refractivity contribution is 5.97. The number of hydrogen-bond acceptors (Lipinski definition) is 7. The van der Waals surface area contributed by atoms with Crippen LogP contribution in [0.1, 0.15) is 56.9 Å². The third-order valence-corrected chi connectivity index (χ3v) is 6.68. The number of benzene rings is 1. The lowest BCUT2D eigenvalue weighted by atomic mass is 9.85. The Hall–Kier alpha value is -2.65. The van der Waals surface area contributed by atoms with E-state index in [9.17, 15) is 9.59 Å². The highest BCUT2D eigenvalue weighted by atomic mass is 16.5. The van der Waals surface area contributed by atoms with Crippen molar-refractivity contribution in [2.45, 2.75) is 63.8 Å². The molecule has 1 saturated heterocycles. The number of aliphatic imine (C=N–C) groups is 1. The Labute approximate surface area is 215 Å². The molecule has 202 valence electrons. The van der Waals surface area contributed by atoms with Crippen molar-refractivity contribution < 1.29 is 23.8 Å². The number of nitrogens with zero attached hydrogens (tertiary/aromatic N) is 1. The van der Waals surface area contributed by atoms with E-state index in [-0.39, 0.29) is 18.3 Å². The van der Waals surface area contributed by atoms with Crippen LogP contribution < -0.4 is 25.8 Å². The van der Waals surface area contributed by atoms with Gasteiger partial charge in [0.25, 0.3) is 0 Å². The van der Waals surface area contributed by atoms with Crippen LogP contribution in [0.15, 0.2) is 23.2 Å². The molecule has 1 aromatic carbocycles. The molecule has 0 radical (unpaired) electrons. The quantitative estimate of drug-likeness (QED) is 0.254. The predicted molar refractivity (Wildman–Crippen MR) is 142 cm³/mol. The van der Waals surface area contributed by atoms with Crippen molar-refractivity contribution in [2.24, 2.45) is 22.6 Å². The SMILES string of the molecule is CNCC1CCOCC1.COc1ccc(CC(=O)NC(N)=NC(C=O)CC2CCCCC2)cc1OC. The summed E-state index contributed by atoms with van der Waals surface area (Å²) >= 11 is 0. The minimum absolute atomic E-state index is 0.0200. The predicted octanol–water partition coefficient (Wildman–Crippen LogP) is 2.85. The molecule has 9 nitrogen and oxygen atoms in total. The largest absolute Gasteiger partial charge is 0.493 e. The zero-order chi connectivity index (χ0) is 26.2. The van der Waals surface area contributed by atoms with Gasteiger partial charge in [0.05, 0.1) is 20.6 Å². The monoisotopic (exact) mass is 504 g/mol. The number of carbonyl (C=O) groups excluding carboxylic acids is 2. The smallest absolute Gasteiger partial charge is 0.231 e. The molecule has 1 aromatic rings. The van der Waals surface area contributed by atoms with Crippen LogP contribution in [-0.4, -0.2) is 65.2 Å². The number of rotatable bonds is 10. The zero-order valence-corrected chi connectivity index (χ0v) is 22.1. The van der Waals surface area contributed by atoms with E-state index < -0.39 is 6.04 Å². The van der Waals surface area contributed by atoms with Gasteiger partial charge in [0.1, 0.15) is 12.3 Å². The van der Waals surface area contributed by atoms with Crippen molar-refractivity contribution in [2.75, 3.05) is 41.0 Å². The van der Waals surface area contributed by atoms with Gasteiger partial charge in [-0.1, -0.05) is 38.2 Å². The molecule has 1 atom stereocenters. The molecule has 0 spiro atoms. The number of amides is 1. The normalized spacial score (nSPS) is 17.9. The van der Waals surface area contributed by atoms with Gasteiger partial charge in [-0.15, -0.1) is 0 Å². The van der Waals surface area contributed by atoms with Crippen LogP contribution in [0.5, 0.6) is 11.5 Å². The van der Waals surface area contributed by atoms with Gasteiger partial charge in [0, 0.05) is 13.2 Å². The van der Waals surface area contributed by atoms with Gasteiger partial charge in [-0.3, -0.25) is 10.1 Å². The maximum atomic E-state index is 12.2. The highest BCUT2D eigenvalue weighted by Crippen LogP contribution is 2.28. The average molecular weight is 505 g/mol. The number of ether oxygens (including phenoxy) is 3. The second-order valence-electron chi connectivity index (χ2n) is 9.49. The summed E-state index contributed by atoms with van der Waals surface area (Å²) in [4.78, 5) is 27.7. The summed E-state index contributed by atoms with van der Waals surface area (Å²) in [5.41, 5.74) is 6.58. The van der Waals surface area contributed by atoms with Crippen LogP contribution in [0.25, 0.3) is 0 Å². The van der Waals surface area contributed by atoms with E-state index in [1.54, 1.807) is 25.3 Å². The first-order valence-electron chi connectivity index (χ1n) is 13.0. The fraction of sp³-hybridized carbons (Fsp3) is 0.667. The summed E-state index contributed by atoms with van der Waals surface area (Å²) in [5.74, 6) is 2.20. The summed E-state index contributed by atoms with van der Waals surface area (Å²) in [5, 5.41) is 5.74. The molecule has 0 aromatic heterocycles. The van der Waals surface area contributed by atoms with Crippen LogP contribution in [0.3, 0.4) is 0 Å². The van der Waals surface area contributed by atoms with Crippen molar-refractivity contribution in [3.05, 3.63) is 23.8 Å². The van der Waals surface area contributed by atoms with Crippen molar-refractivity contribution in [3.8, 4) is 11.5 Å². The van der Waals surface area contributed by atoms with Gasteiger partial charge in [-0.2, -0.15) is 0 Å². The maximum Gasteiger partial charge on any atom is 0.231 e. The van der Waals surface area contributed by atoms with Gasteiger partial charge in [-0.25, -0.2) is 4.99 Å². The number of nitrogens with two attached hydrogens (primary N) is 1. The molecule has 3 rings (SSSR count). The molecule has 1 unspecified atom stereocenters. The summed E-state index contributed by atoms with van der Waals surface area (Å²) in [6.07, 6.45) is 10.0. The van der Waals surface area contributed by atoms with Gasteiger partial charge in [0.2, 0.25) is 5.91 Å². The number of guanidine groups is 1. The second-order valence-corrected chi connectivity index (χ2v) is 9.49. The Morgan fingerprint density at radius 2 is 1.81 bits per heavy atom. The molecule has 1 aliphatic heterocycles. The van der Waals surface area contributed by atoms with Gasteiger partial charge < -0.3 is 30.1 Å². The average Bonchev–Trinajstić information content (AvgIpc) is 2.90. The first-order chi connectivity index (χ1) is 17.5. The van der Waals surface area contributed by atoms with Crippen LogP contribution in [-0.2, 0) is 20.7 Å². The van der Waals surface area contributed by atoms with E-state index in [4.69, 9.17) is 19.9 Å². The Balaban J connectivity index is 0.000000425. The number of hydrogen-bond donors (Lipinski definition) is 3. The number of nitrogens with one attached hydrogen (secondary N) is 2. The lowest BCUT2D eigenvalue weighted by Crippen LogP contribution is -2.39. The number of aldehydes is 1. The zero-order valence-electron chi connectivity index (χ0n) is 22.1. The van der Waals surface area contributed by atoms with Crippen molar-refractivity contribution in [1.29, 1.82) is 0 Å². The van der Waals surface area contributed by atoms with Crippen molar-refractivity contribution in [1.82, 2.24) is 10.6 Å². The second kappa shape index (κ2) is 16.9. The van der Waals surface area contributed by atoms with E-state index in [0.29, 0.717) is 23.8 Å². The molecule has 1 saturated carbocycles. The Morgan fingerprint density at radius 3 is 2.42 bits per heavy atom. The van der Waals surface area contributed by atoms with E-state index in [2.05, 4.69) is 15.6 Å². The molecule has 1 aliphatic carbocycles. The molecule has 2 aliphatic rings. The van der Waals surface area contributed by atoms with E-state index in [1.165, 1.54) is 39.2 Å². The van der Waals surface area contributed by atoms with Gasteiger partial charge in [-0.05, 0) is 62.4 Å². The third-order valence-electron chi connectivity index (χ3n) is 6.68. The molecular formula is C27H44N4O5. The topological polar surface area (TPSA) is 124 Å². The molecular weight excluding hydrogens is 460 g/mol. The Bertz CT molecular complexity index is 818. The van der Waals surface area contributed by atoms with Crippen LogP contribution >= 0.6 is 0 Å². The van der Waals surface area contributed by atoms with Crippen LogP contribution in [0.2, 0.25) is 0 Å². The van der Waals surface area contributed by atoms with Crippen LogP contribution in [0.4, 0.5) is 0 Å². The molecule has 2 fully saturated rings. The lowest BCUT2D eigenvalue weighted by Gasteiger charge is -2.22. The number of carbonyl (C=O) groups is 2. The number of methoxy groups -OCH3 is 2. The van der Waals surface area contributed by atoms with Crippen molar-refractivity contribution >= 4 is 18.2 Å². The Morgan fingerprint density at radius 1 is 1.11 bits per heavy atom. The summed E-state index contributed by atoms with van der Waals surface area (Å²) in [6, 6.07) is 4.76. The summed E-state index contributed by atoms with van der Waals surface area (Å²) < 4.78 is 15.6. The van der Waals surface area contributed by atoms with Crippen molar-refractivity contribution in [3.63, 3.8) is 0 Å². The van der Waals surface area contributed by atoms with E-state index in [1.807, 2.05) is 7.05 Å².